The fourth-order valence-corrected chi connectivity index (χ4v) is 12.3. The van der Waals surface area contributed by atoms with E-state index in [0.29, 0.717) is 19.4 Å². The van der Waals surface area contributed by atoms with Crippen LogP contribution in [0.15, 0.2) is 24.3 Å². The first kappa shape index (κ1) is 82.3. The van der Waals surface area contributed by atoms with Gasteiger partial charge in [0.25, 0.3) is 0 Å². The average Bonchev–Trinajstić information content (AvgIpc) is 3.51. The van der Waals surface area contributed by atoms with E-state index in [1.807, 2.05) is 6.08 Å². The Morgan fingerprint density at radius 2 is 0.560 bits per heavy atom. The maximum atomic E-state index is 12.6. The molecule has 0 heterocycles. The van der Waals surface area contributed by atoms with Gasteiger partial charge in [-0.25, -0.2) is 0 Å². The number of allylic oxidation sites excluding steroid dienone is 3. The number of aliphatic hydroxyl groups excluding tert-OH is 2. The second kappa shape index (κ2) is 73.8. The fraction of sp³-hybridized carbons (Fsp3) is 0.923. The van der Waals surface area contributed by atoms with Crippen LogP contribution in [0, 0.1) is 0 Å². The van der Waals surface area contributed by atoms with Crippen molar-refractivity contribution in [2.75, 3.05) is 13.2 Å². The number of esters is 1. The number of hydrogen-bond donors (Lipinski definition) is 3. The number of rotatable bonds is 73. The van der Waals surface area contributed by atoms with Crippen molar-refractivity contribution in [3.05, 3.63) is 24.3 Å². The molecule has 84 heavy (non-hydrogen) atoms. The number of nitrogens with one attached hydrogen (secondary N) is 1. The van der Waals surface area contributed by atoms with Gasteiger partial charge in [0.15, 0.2) is 0 Å². The fourth-order valence-electron chi connectivity index (χ4n) is 12.3. The van der Waals surface area contributed by atoms with Crippen LogP contribution < -0.4 is 5.32 Å². The number of hydrogen-bond acceptors (Lipinski definition) is 5. The third-order valence-electron chi connectivity index (χ3n) is 18.2. The standard InChI is InChI=1S/C78H151NO5/c1-3-5-7-9-11-13-15-17-18-19-20-21-22-28-31-34-37-40-43-47-50-54-58-62-66-70-76(81)75(74-80)79-77(82)71-67-63-59-55-51-48-44-41-38-35-32-29-26-24-23-25-27-30-33-36-39-42-45-49-53-57-61-65-69-73-84-78(83)72-68-64-60-56-52-46-16-14-12-10-8-6-4-2/h14,16,66,70,75-76,80-81H,3-13,15,17-65,67-69,71-74H2,1-2H3,(H,79,82)/b16-14-,70-66+. The molecule has 0 fully saturated rings. The molecule has 6 nitrogen and oxygen atoms in total. The molecule has 0 aromatic heterocycles. The van der Waals surface area contributed by atoms with Gasteiger partial charge in [-0.3, -0.25) is 9.59 Å². The maximum Gasteiger partial charge on any atom is 0.305 e. The van der Waals surface area contributed by atoms with Gasteiger partial charge in [-0.1, -0.05) is 391 Å². The van der Waals surface area contributed by atoms with Gasteiger partial charge >= 0.3 is 5.97 Å². The molecule has 0 aliphatic heterocycles. The van der Waals surface area contributed by atoms with E-state index < -0.39 is 12.1 Å². The Balaban J connectivity index is 3.37. The van der Waals surface area contributed by atoms with Crippen LogP contribution in [0.5, 0.6) is 0 Å². The summed E-state index contributed by atoms with van der Waals surface area (Å²) >= 11 is 0. The summed E-state index contributed by atoms with van der Waals surface area (Å²) in [6.45, 7) is 4.94. The number of carbonyl (C=O) groups excluding carboxylic acids is 2. The van der Waals surface area contributed by atoms with Gasteiger partial charge in [-0.2, -0.15) is 0 Å². The van der Waals surface area contributed by atoms with Gasteiger partial charge in [-0.05, 0) is 57.8 Å². The van der Waals surface area contributed by atoms with E-state index in [1.54, 1.807) is 6.08 Å². The Morgan fingerprint density at radius 3 is 0.857 bits per heavy atom. The van der Waals surface area contributed by atoms with Gasteiger partial charge in [0.05, 0.1) is 25.4 Å². The van der Waals surface area contributed by atoms with Crippen LogP contribution >= 0.6 is 0 Å². The molecule has 6 heteroatoms. The van der Waals surface area contributed by atoms with Crippen molar-refractivity contribution in [1.29, 1.82) is 0 Å². The highest BCUT2D eigenvalue weighted by atomic mass is 16.5. The molecule has 3 N–H and O–H groups in total. The molecular formula is C78H151NO5. The van der Waals surface area contributed by atoms with Crippen LogP contribution in [-0.2, 0) is 14.3 Å². The molecule has 1 amide bonds. The lowest BCUT2D eigenvalue weighted by Crippen LogP contribution is -2.45. The van der Waals surface area contributed by atoms with Gasteiger partial charge in [0.1, 0.15) is 0 Å². The van der Waals surface area contributed by atoms with Crippen molar-refractivity contribution >= 4 is 11.9 Å². The third-order valence-corrected chi connectivity index (χ3v) is 18.2. The highest BCUT2D eigenvalue weighted by Gasteiger charge is 2.18. The van der Waals surface area contributed by atoms with Crippen LogP contribution in [0.25, 0.3) is 0 Å². The minimum absolute atomic E-state index is 0.0108. The van der Waals surface area contributed by atoms with Gasteiger partial charge < -0.3 is 20.3 Å². The Hall–Kier alpha value is -1.66. The zero-order valence-corrected chi connectivity index (χ0v) is 57.2. The SMILES string of the molecule is CCCCCC/C=C\CCCCCCCC(=O)OCCCCCCCCCCCCCCCCCCCCCCCCCCCCCCCC(=O)NC(CO)C(O)/C=C/CCCCCCCCCCCCCCCCCCCCCCCCC. The molecule has 0 aromatic rings. The first-order valence-electron chi connectivity index (χ1n) is 38.6. The van der Waals surface area contributed by atoms with E-state index in [4.69, 9.17) is 4.74 Å². The van der Waals surface area contributed by atoms with Crippen molar-refractivity contribution in [2.45, 2.75) is 450 Å². The van der Waals surface area contributed by atoms with Crippen LogP contribution in [0.1, 0.15) is 438 Å². The quantitative estimate of drug-likeness (QED) is 0.0320. The van der Waals surface area contributed by atoms with Gasteiger partial charge in [0, 0.05) is 12.8 Å². The Labute approximate surface area is 526 Å². The minimum Gasteiger partial charge on any atom is -0.466 e. The van der Waals surface area contributed by atoms with E-state index in [2.05, 4.69) is 31.3 Å². The van der Waals surface area contributed by atoms with E-state index in [-0.39, 0.29) is 18.5 Å². The molecule has 0 saturated heterocycles. The molecule has 0 aliphatic carbocycles. The number of ether oxygens (including phenoxy) is 1. The zero-order valence-electron chi connectivity index (χ0n) is 57.2. The summed E-state index contributed by atoms with van der Waals surface area (Å²) < 4.78 is 5.49. The summed E-state index contributed by atoms with van der Waals surface area (Å²) in [6, 6.07) is -0.626. The normalized spacial score (nSPS) is 12.6. The molecule has 0 aromatic carbocycles. The summed E-state index contributed by atoms with van der Waals surface area (Å²) in [6.07, 6.45) is 94.3. The predicted octanol–water partition coefficient (Wildman–Crippen LogP) is 25.3. The zero-order chi connectivity index (χ0) is 60.6. The molecule has 2 unspecified atom stereocenters. The van der Waals surface area contributed by atoms with E-state index in [9.17, 15) is 19.8 Å². The lowest BCUT2D eigenvalue weighted by atomic mass is 10.0. The van der Waals surface area contributed by atoms with Gasteiger partial charge in [-0.15, -0.1) is 0 Å². The molecule has 0 bridgehead atoms. The molecule has 0 saturated carbocycles. The predicted molar refractivity (Wildman–Crippen MR) is 370 cm³/mol. The molecule has 0 spiro atoms. The van der Waals surface area contributed by atoms with Crippen molar-refractivity contribution in [2.24, 2.45) is 0 Å². The summed E-state index contributed by atoms with van der Waals surface area (Å²) in [5.74, 6) is -0.0484. The van der Waals surface area contributed by atoms with Crippen LogP contribution in [0.3, 0.4) is 0 Å². The van der Waals surface area contributed by atoms with Crippen molar-refractivity contribution in [3.8, 4) is 0 Å². The molecule has 498 valence electrons. The van der Waals surface area contributed by atoms with Crippen molar-refractivity contribution in [3.63, 3.8) is 0 Å². The minimum atomic E-state index is -0.843. The maximum absolute atomic E-state index is 12.6. The third kappa shape index (κ3) is 69.4. The molecule has 2 atom stereocenters. The average molecular weight is 1180 g/mol. The lowest BCUT2D eigenvalue weighted by molar-refractivity contribution is -0.143. The Morgan fingerprint density at radius 1 is 0.321 bits per heavy atom. The molecule has 0 rings (SSSR count). The monoisotopic (exact) mass is 1180 g/mol. The van der Waals surface area contributed by atoms with Crippen molar-refractivity contribution in [1.82, 2.24) is 5.32 Å². The molecule has 0 aliphatic rings. The van der Waals surface area contributed by atoms with E-state index in [1.165, 1.54) is 366 Å². The summed E-state index contributed by atoms with van der Waals surface area (Å²) in [5, 5.41) is 23.3. The first-order chi connectivity index (χ1) is 41.5. The summed E-state index contributed by atoms with van der Waals surface area (Å²) in [7, 11) is 0. The molecule has 0 radical (unpaired) electrons. The summed E-state index contributed by atoms with van der Waals surface area (Å²) in [4.78, 5) is 24.6. The second-order valence-electron chi connectivity index (χ2n) is 26.7. The number of carbonyl (C=O) groups is 2. The highest BCUT2D eigenvalue weighted by molar-refractivity contribution is 5.76. The second-order valence-corrected chi connectivity index (χ2v) is 26.7. The number of unbranched alkanes of at least 4 members (excludes halogenated alkanes) is 60. The number of amides is 1. The Kier molecular flexibility index (Phi) is 72.3. The van der Waals surface area contributed by atoms with Crippen LogP contribution in [0.2, 0.25) is 0 Å². The van der Waals surface area contributed by atoms with E-state index in [0.717, 1.165) is 44.9 Å². The summed E-state index contributed by atoms with van der Waals surface area (Å²) in [5.41, 5.74) is 0. The highest BCUT2D eigenvalue weighted by Crippen LogP contribution is 2.20. The smallest absolute Gasteiger partial charge is 0.305 e. The molecular weight excluding hydrogens is 1030 g/mol. The van der Waals surface area contributed by atoms with Crippen LogP contribution in [0.4, 0.5) is 0 Å². The largest absolute Gasteiger partial charge is 0.466 e. The van der Waals surface area contributed by atoms with Crippen LogP contribution in [-0.4, -0.2) is 47.4 Å². The topological polar surface area (TPSA) is 95.9 Å². The first-order valence-corrected chi connectivity index (χ1v) is 38.6. The Bertz CT molecular complexity index is 1320. The van der Waals surface area contributed by atoms with Gasteiger partial charge in [0.2, 0.25) is 5.91 Å². The number of aliphatic hydroxyl groups is 2. The van der Waals surface area contributed by atoms with E-state index >= 15 is 0 Å². The van der Waals surface area contributed by atoms with Crippen molar-refractivity contribution < 1.29 is 24.5 Å². The lowest BCUT2D eigenvalue weighted by Gasteiger charge is -2.20.